The van der Waals surface area contributed by atoms with E-state index in [-0.39, 0.29) is 24.0 Å². The topological polar surface area (TPSA) is 85.6 Å². The minimum absolute atomic E-state index is 0. The smallest absolute Gasteiger partial charge is 0.191 e. The molecule has 0 unspecified atom stereocenters. The van der Waals surface area contributed by atoms with Crippen LogP contribution in [0.4, 0.5) is 0 Å². The van der Waals surface area contributed by atoms with Crippen LogP contribution in [0.15, 0.2) is 4.99 Å². The minimum atomic E-state index is 0. The summed E-state index contributed by atoms with van der Waals surface area (Å²) in [6.07, 6.45) is 4.35. The standard InChI is InChI=1S/C16H30N6O2.HI/c1-3-17-16(18-8-6-10-24-12-11-23-2)19-13-15-21-20-14-7-4-5-9-22(14)15;/h3-13H2,1-2H3,(H2,17,18,19);1H. The van der Waals surface area contributed by atoms with Gasteiger partial charge in [-0.1, -0.05) is 0 Å². The Morgan fingerprint density at radius 1 is 1.20 bits per heavy atom. The summed E-state index contributed by atoms with van der Waals surface area (Å²) >= 11 is 0. The van der Waals surface area contributed by atoms with E-state index < -0.39 is 0 Å². The third-order valence-electron chi connectivity index (χ3n) is 3.85. The SMILES string of the molecule is CCNC(=NCc1nnc2n1CCCC2)NCCCOCCOC.I. The molecule has 1 aliphatic heterocycles. The van der Waals surface area contributed by atoms with Crippen molar-refractivity contribution in [3.8, 4) is 0 Å². The zero-order chi connectivity index (χ0) is 17.0. The van der Waals surface area contributed by atoms with Gasteiger partial charge in [0.15, 0.2) is 11.8 Å². The van der Waals surface area contributed by atoms with Gasteiger partial charge in [-0.2, -0.15) is 0 Å². The maximum absolute atomic E-state index is 5.45. The van der Waals surface area contributed by atoms with Gasteiger partial charge in [0.2, 0.25) is 0 Å². The number of rotatable bonds is 10. The lowest BCUT2D eigenvalue weighted by atomic mass is 10.2. The molecule has 1 aromatic heterocycles. The van der Waals surface area contributed by atoms with E-state index in [0.717, 1.165) is 50.1 Å². The lowest BCUT2D eigenvalue weighted by Gasteiger charge is -2.14. The number of fused-ring (bicyclic) bond motifs is 1. The lowest BCUT2D eigenvalue weighted by Crippen LogP contribution is -2.38. The van der Waals surface area contributed by atoms with E-state index in [1.54, 1.807) is 7.11 Å². The Hall–Kier alpha value is -0.940. The molecule has 0 spiro atoms. The van der Waals surface area contributed by atoms with Gasteiger partial charge < -0.3 is 24.7 Å². The van der Waals surface area contributed by atoms with Crippen LogP contribution in [-0.4, -0.2) is 60.7 Å². The summed E-state index contributed by atoms with van der Waals surface area (Å²) in [5.41, 5.74) is 0. The number of nitrogens with zero attached hydrogens (tertiary/aromatic N) is 4. The molecule has 0 saturated carbocycles. The summed E-state index contributed by atoms with van der Waals surface area (Å²) in [5, 5.41) is 15.1. The summed E-state index contributed by atoms with van der Waals surface area (Å²) in [7, 11) is 1.68. The number of aromatic nitrogens is 3. The summed E-state index contributed by atoms with van der Waals surface area (Å²) in [6.45, 7) is 7.26. The molecule has 2 heterocycles. The van der Waals surface area contributed by atoms with Crippen molar-refractivity contribution >= 4 is 29.9 Å². The van der Waals surface area contributed by atoms with E-state index in [1.807, 2.05) is 0 Å². The van der Waals surface area contributed by atoms with Crippen molar-refractivity contribution in [1.29, 1.82) is 0 Å². The second kappa shape index (κ2) is 13.3. The van der Waals surface area contributed by atoms with Crippen LogP contribution >= 0.6 is 24.0 Å². The van der Waals surface area contributed by atoms with Crippen LogP contribution in [0.2, 0.25) is 0 Å². The number of methoxy groups -OCH3 is 1. The van der Waals surface area contributed by atoms with E-state index in [4.69, 9.17) is 9.47 Å². The summed E-state index contributed by atoms with van der Waals surface area (Å²) in [4.78, 5) is 4.62. The van der Waals surface area contributed by atoms with Crippen molar-refractivity contribution in [1.82, 2.24) is 25.4 Å². The zero-order valence-electron chi connectivity index (χ0n) is 15.3. The van der Waals surface area contributed by atoms with Crippen LogP contribution in [0, 0.1) is 0 Å². The fourth-order valence-electron chi connectivity index (χ4n) is 2.60. The number of aliphatic imine (C=N–C) groups is 1. The molecule has 1 aromatic rings. The van der Waals surface area contributed by atoms with Gasteiger partial charge in [-0.05, 0) is 26.2 Å². The van der Waals surface area contributed by atoms with Crippen molar-refractivity contribution in [2.24, 2.45) is 4.99 Å². The number of ether oxygens (including phenoxy) is 2. The molecule has 1 aliphatic rings. The first-order valence-corrected chi connectivity index (χ1v) is 8.85. The van der Waals surface area contributed by atoms with Crippen LogP contribution in [0.1, 0.15) is 37.8 Å². The molecule has 0 atom stereocenters. The Morgan fingerprint density at radius 2 is 2.08 bits per heavy atom. The molecule has 0 aliphatic carbocycles. The molecule has 8 nitrogen and oxygen atoms in total. The molecule has 0 amide bonds. The molecule has 9 heteroatoms. The molecule has 2 N–H and O–H groups in total. The molecule has 0 radical (unpaired) electrons. The molecule has 0 fully saturated rings. The fraction of sp³-hybridized carbons (Fsp3) is 0.812. The minimum Gasteiger partial charge on any atom is -0.382 e. The second-order valence-electron chi connectivity index (χ2n) is 5.72. The Morgan fingerprint density at radius 3 is 2.88 bits per heavy atom. The predicted molar refractivity (Wildman–Crippen MR) is 109 cm³/mol. The van der Waals surface area contributed by atoms with Gasteiger partial charge in [-0.15, -0.1) is 34.2 Å². The van der Waals surface area contributed by atoms with Gasteiger partial charge in [0, 0.05) is 39.8 Å². The van der Waals surface area contributed by atoms with Gasteiger partial charge in [0.05, 0.1) is 13.2 Å². The van der Waals surface area contributed by atoms with Gasteiger partial charge in [-0.3, -0.25) is 0 Å². The molecule has 0 saturated heterocycles. The van der Waals surface area contributed by atoms with Crippen molar-refractivity contribution in [2.45, 2.75) is 45.7 Å². The van der Waals surface area contributed by atoms with Gasteiger partial charge in [0.1, 0.15) is 12.4 Å². The molecule has 25 heavy (non-hydrogen) atoms. The molecular formula is C16H31IN6O2. The lowest BCUT2D eigenvalue weighted by molar-refractivity contribution is 0.0698. The number of aryl methyl sites for hydroxylation is 1. The van der Waals surface area contributed by atoms with E-state index in [1.165, 1.54) is 12.8 Å². The predicted octanol–water partition coefficient (Wildman–Crippen LogP) is 1.34. The maximum Gasteiger partial charge on any atom is 0.191 e. The van der Waals surface area contributed by atoms with Crippen LogP contribution in [-0.2, 0) is 29.0 Å². The molecule has 2 rings (SSSR count). The third-order valence-corrected chi connectivity index (χ3v) is 3.85. The second-order valence-corrected chi connectivity index (χ2v) is 5.72. The van der Waals surface area contributed by atoms with Gasteiger partial charge >= 0.3 is 0 Å². The first kappa shape index (κ1) is 22.1. The number of guanidine groups is 1. The molecule has 0 aromatic carbocycles. The zero-order valence-corrected chi connectivity index (χ0v) is 17.6. The largest absolute Gasteiger partial charge is 0.382 e. The highest BCUT2D eigenvalue weighted by molar-refractivity contribution is 14.0. The fourth-order valence-corrected chi connectivity index (χ4v) is 2.60. The molecule has 144 valence electrons. The highest BCUT2D eigenvalue weighted by Crippen LogP contribution is 2.14. The third kappa shape index (κ3) is 7.87. The Kier molecular flexibility index (Phi) is 11.7. The number of hydrogen-bond donors (Lipinski definition) is 2. The number of halogens is 1. The van der Waals surface area contributed by atoms with E-state index in [0.29, 0.717) is 26.4 Å². The normalized spacial score (nSPS) is 13.9. The van der Waals surface area contributed by atoms with Crippen molar-refractivity contribution < 1.29 is 9.47 Å². The first-order valence-electron chi connectivity index (χ1n) is 8.85. The van der Waals surface area contributed by atoms with Crippen LogP contribution in [0.3, 0.4) is 0 Å². The van der Waals surface area contributed by atoms with Gasteiger partial charge in [0.25, 0.3) is 0 Å². The molecular weight excluding hydrogens is 435 g/mol. The quantitative estimate of drug-likeness (QED) is 0.234. The van der Waals surface area contributed by atoms with Crippen molar-refractivity contribution in [3.63, 3.8) is 0 Å². The first-order chi connectivity index (χ1) is 11.8. The van der Waals surface area contributed by atoms with E-state index in [9.17, 15) is 0 Å². The highest BCUT2D eigenvalue weighted by atomic mass is 127. The summed E-state index contributed by atoms with van der Waals surface area (Å²) in [6, 6.07) is 0. The summed E-state index contributed by atoms with van der Waals surface area (Å²) in [5.74, 6) is 2.85. The van der Waals surface area contributed by atoms with Crippen LogP contribution in [0.25, 0.3) is 0 Å². The highest BCUT2D eigenvalue weighted by Gasteiger charge is 2.15. The Bertz CT molecular complexity index is 509. The van der Waals surface area contributed by atoms with Crippen LogP contribution in [0.5, 0.6) is 0 Å². The van der Waals surface area contributed by atoms with Crippen LogP contribution < -0.4 is 10.6 Å². The Labute approximate surface area is 167 Å². The number of hydrogen-bond acceptors (Lipinski definition) is 5. The average Bonchev–Trinajstić information content (AvgIpc) is 3.02. The Balaban J connectivity index is 0.00000312. The monoisotopic (exact) mass is 466 g/mol. The number of nitrogens with one attached hydrogen (secondary N) is 2. The van der Waals surface area contributed by atoms with Gasteiger partial charge in [-0.25, -0.2) is 4.99 Å². The van der Waals surface area contributed by atoms with E-state index in [2.05, 4.69) is 37.3 Å². The molecule has 0 bridgehead atoms. The average molecular weight is 466 g/mol. The summed E-state index contributed by atoms with van der Waals surface area (Å²) < 4.78 is 12.6. The van der Waals surface area contributed by atoms with E-state index >= 15 is 0 Å². The maximum atomic E-state index is 5.45. The van der Waals surface area contributed by atoms with Crippen molar-refractivity contribution in [2.75, 3.05) is 40.0 Å². The van der Waals surface area contributed by atoms with Crippen molar-refractivity contribution in [3.05, 3.63) is 11.6 Å².